The molecule has 0 aliphatic carbocycles. The quantitative estimate of drug-likeness (QED) is 0.313. The average Bonchev–Trinajstić information content (AvgIpc) is 3.37. The van der Waals surface area contributed by atoms with Crippen molar-refractivity contribution in [2.45, 2.75) is 6.10 Å². The molecule has 0 N–H and O–H groups in total. The summed E-state index contributed by atoms with van der Waals surface area (Å²) in [5.41, 5.74) is 3.13. The summed E-state index contributed by atoms with van der Waals surface area (Å²) < 4.78 is 27.1. The zero-order chi connectivity index (χ0) is 19.5. The lowest BCUT2D eigenvalue weighted by molar-refractivity contribution is 0.203. The lowest BCUT2D eigenvalue weighted by atomic mass is 10.1. The standard InChI is InChI=1S/C17H11BrFN5O3S/c1-25-23-5-9-2-13(20-6-12(9)19)16(17-24-22-7-26-17)27-10-3-11(18)15-14(4-10)28-8-21-15/h2-8,16H,1H3/b23-5+. The Balaban J connectivity index is 1.75. The van der Waals surface area contributed by atoms with Crippen LogP contribution >= 0.6 is 27.3 Å². The van der Waals surface area contributed by atoms with E-state index in [9.17, 15) is 4.39 Å². The molecule has 0 saturated carbocycles. The number of rotatable bonds is 6. The summed E-state index contributed by atoms with van der Waals surface area (Å²) in [6.45, 7) is 0. The van der Waals surface area contributed by atoms with Crippen molar-refractivity contribution in [2.24, 2.45) is 5.16 Å². The molecule has 1 atom stereocenters. The predicted molar refractivity (Wildman–Crippen MR) is 103 cm³/mol. The van der Waals surface area contributed by atoms with Crippen molar-refractivity contribution < 1.29 is 18.4 Å². The molecule has 4 aromatic rings. The summed E-state index contributed by atoms with van der Waals surface area (Å²) in [4.78, 5) is 13.0. The Labute approximate surface area is 170 Å². The number of nitrogens with zero attached hydrogens (tertiary/aromatic N) is 5. The van der Waals surface area contributed by atoms with Crippen LogP contribution in [-0.2, 0) is 4.84 Å². The Morgan fingerprint density at radius 3 is 3.00 bits per heavy atom. The van der Waals surface area contributed by atoms with E-state index in [2.05, 4.69) is 46.1 Å². The molecule has 0 aliphatic rings. The highest BCUT2D eigenvalue weighted by Crippen LogP contribution is 2.34. The van der Waals surface area contributed by atoms with E-state index in [0.29, 0.717) is 11.4 Å². The van der Waals surface area contributed by atoms with E-state index in [-0.39, 0.29) is 11.5 Å². The first kappa shape index (κ1) is 18.4. The van der Waals surface area contributed by atoms with Gasteiger partial charge in [-0.15, -0.1) is 21.5 Å². The van der Waals surface area contributed by atoms with Gasteiger partial charge in [-0.05, 0) is 34.1 Å². The molecule has 0 bridgehead atoms. The zero-order valence-corrected chi connectivity index (χ0v) is 16.6. The van der Waals surface area contributed by atoms with E-state index in [4.69, 9.17) is 9.15 Å². The molecule has 0 radical (unpaired) electrons. The van der Waals surface area contributed by atoms with Gasteiger partial charge in [0.1, 0.15) is 18.7 Å². The minimum absolute atomic E-state index is 0.175. The second-order valence-corrected chi connectivity index (χ2v) is 7.17. The van der Waals surface area contributed by atoms with Crippen molar-refractivity contribution in [3.63, 3.8) is 0 Å². The van der Waals surface area contributed by atoms with Gasteiger partial charge in [0.05, 0.1) is 33.8 Å². The number of fused-ring (bicyclic) bond motifs is 1. The first-order valence-corrected chi connectivity index (χ1v) is 9.50. The molecule has 0 spiro atoms. The average molecular weight is 464 g/mol. The number of halogens is 2. The molecule has 0 fully saturated rings. The van der Waals surface area contributed by atoms with Gasteiger partial charge in [0, 0.05) is 10.0 Å². The van der Waals surface area contributed by atoms with Crippen molar-refractivity contribution in [1.29, 1.82) is 0 Å². The number of oxime groups is 1. The van der Waals surface area contributed by atoms with Crippen LogP contribution in [0.15, 0.2) is 50.3 Å². The maximum absolute atomic E-state index is 14.0. The number of hydrogen-bond acceptors (Lipinski definition) is 9. The summed E-state index contributed by atoms with van der Waals surface area (Å²) in [7, 11) is 1.37. The van der Waals surface area contributed by atoms with Gasteiger partial charge in [-0.3, -0.25) is 4.98 Å². The molecule has 0 amide bonds. The van der Waals surface area contributed by atoms with Gasteiger partial charge in [-0.1, -0.05) is 5.16 Å². The fourth-order valence-corrected chi connectivity index (χ4v) is 3.86. The third-order valence-electron chi connectivity index (χ3n) is 3.69. The highest BCUT2D eigenvalue weighted by molar-refractivity contribution is 9.10. The van der Waals surface area contributed by atoms with Crippen molar-refractivity contribution in [2.75, 3.05) is 7.11 Å². The molecule has 11 heteroatoms. The highest BCUT2D eigenvalue weighted by atomic mass is 79.9. The maximum Gasteiger partial charge on any atom is 0.263 e. The van der Waals surface area contributed by atoms with Gasteiger partial charge in [0.25, 0.3) is 5.89 Å². The van der Waals surface area contributed by atoms with Crippen LogP contribution in [0.5, 0.6) is 5.75 Å². The van der Waals surface area contributed by atoms with Crippen molar-refractivity contribution in [3.05, 3.63) is 63.7 Å². The molecule has 1 aromatic carbocycles. The molecule has 4 rings (SSSR count). The van der Waals surface area contributed by atoms with Crippen LogP contribution < -0.4 is 4.74 Å². The number of thiazole rings is 1. The van der Waals surface area contributed by atoms with E-state index in [1.165, 1.54) is 37.1 Å². The molecule has 28 heavy (non-hydrogen) atoms. The molecule has 8 nitrogen and oxygen atoms in total. The number of hydrogen-bond donors (Lipinski definition) is 0. The molecular weight excluding hydrogens is 453 g/mol. The van der Waals surface area contributed by atoms with E-state index in [0.717, 1.165) is 20.9 Å². The van der Waals surface area contributed by atoms with Crippen molar-refractivity contribution >= 4 is 43.7 Å². The van der Waals surface area contributed by atoms with Crippen LogP contribution in [0.3, 0.4) is 0 Å². The fraction of sp³-hybridized carbons (Fsp3) is 0.118. The van der Waals surface area contributed by atoms with Crippen molar-refractivity contribution in [3.8, 4) is 5.75 Å². The number of benzene rings is 1. The zero-order valence-electron chi connectivity index (χ0n) is 14.2. The normalized spacial score (nSPS) is 12.5. The Kier molecular flexibility index (Phi) is 5.26. The lowest BCUT2D eigenvalue weighted by Crippen LogP contribution is -2.13. The topological polar surface area (TPSA) is 95.5 Å². The highest BCUT2D eigenvalue weighted by Gasteiger charge is 2.25. The van der Waals surface area contributed by atoms with Crippen molar-refractivity contribution in [1.82, 2.24) is 20.2 Å². The van der Waals surface area contributed by atoms with Gasteiger partial charge in [0.2, 0.25) is 12.5 Å². The molecule has 3 aromatic heterocycles. The van der Waals surface area contributed by atoms with Crippen LogP contribution in [0.4, 0.5) is 4.39 Å². The second-order valence-electron chi connectivity index (χ2n) is 5.43. The molecule has 0 aliphatic heterocycles. The molecule has 3 heterocycles. The van der Waals surface area contributed by atoms with Gasteiger partial charge in [-0.25, -0.2) is 9.37 Å². The van der Waals surface area contributed by atoms with Crippen LogP contribution in [0.2, 0.25) is 0 Å². The summed E-state index contributed by atoms with van der Waals surface area (Å²) in [5, 5.41) is 11.2. The van der Waals surface area contributed by atoms with E-state index < -0.39 is 11.9 Å². The van der Waals surface area contributed by atoms with Crippen LogP contribution in [0.1, 0.15) is 23.3 Å². The lowest BCUT2D eigenvalue weighted by Gasteiger charge is -2.16. The van der Waals surface area contributed by atoms with Gasteiger partial charge < -0.3 is 14.0 Å². The van der Waals surface area contributed by atoms with Crippen LogP contribution in [-0.4, -0.2) is 33.5 Å². The molecule has 1 unspecified atom stereocenters. The SMILES string of the molecule is CO/N=C/c1cc(C(Oc2cc(Br)c3ncsc3c2)c2nnco2)ncc1F. The van der Waals surface area contributed by atoms with Gasteiger partial charge >= 0.3 is 0 Å². The summed E-state index contributed by atoms with van der Waals surface area (Å²) >= 11 is 4.97. The molecular formula is C17H11BrFN5O3S. The van der Waals surface area contributed by atoms with E-state index in [1.54, 1.807) is 11.6 Å². The van der Waals surface area contributed by atoms with E-state index in [1.807, 2.05) is 6.07 Å². The third-order valence-corrected chi connectivity index (χ3v) is 5.07. The Morgan fingerprint density at radius 1 is 1.32 bits per heavy atom. The largest absolute Gasteiger partial charge is 0.474 e. The minimum Gasteiger partial charge on any atom is -0.474 e. The second kappa shape index (κ2) is 7.98. The minimum atomic E-state index is -0.852. The number of pyridine rings is 1. The Morgan fingerprint density at radius 2 is 2.21 bits per heavy atom. The molecule has 0 saturated heterocycles. The Bertz CT molecular complexity index is 1140. The fourth-order valence-electron chi connectivity index (χ4n) is 2.46. The number of ether oxygens (including phenoxy) is 1. The number of aromatic nitrogens is 4. The summed E-state index contributed by atoms with van der Waals surface area (Å²) in [6, 6.07) is 5.10. The van der Waals surface area contributed by atoms with Gasteiger partial charge in [0.15, 0.2) is 0 Å². The van der Waals surface area contributed by atoms with Gasteiger partial charge in [-0.2, -0.15) is 0 Å². The Hall–Kier alpha value is -2.92. The monoisotopic (exact) mass is 463 g/mol. The predicted octanol–water partition coefficient (Wildman–Crippen LogP) is 4.12. The van der Waals surface area contributed by atoms with E-state index >= 15 is 0 Å². The smallest absolute Gasteiger partial charge is 0.263 e. The van der Waals surface area contributed by atoms with Crippen LogP contribution in [0, 0.1) is 5.82 Å². The third kappa shape index (κ3) is 3.71. The maximum atomic E-state index is 14.0. The summed E-state index contributed by atoms with van der Waals surface area (Å²) in [6.07, 6.45) is 2.65. The first-order valence-electron chi connectivity index (χ1n) is 7.83. The first-order chi connectivity index (χ1) is 13.7. The summed E-state index contributed by atoms with van der Waals surface area (Å²) in [5.74, 6) is 0.155. The van der Waals surface area contributed by atoms with Crippen LogP contribution in [0.25, 0.3) is 10.2 Å². The molecule has 142 valence electrons.